The van der Waals surface area contributed by atoms with Crippen LogP contribution in [0.4, 0.5) is 10.1 Å². The Morgan fingerprint density at radius 2 is 2.29 bits per heavy atom. The summed E-state index contributed by atoms with van der Waals surface area (Å²) in [5, 5.41) is 2.54. The molecule has 92 valence electrons. The Kier molecular flexibility index (Phi) is 3.46. The normalized spacial score (nSPS) is 17.4. The number of nitrogens with one attached hydrogen (secondary N) is 1. The zero-order valence-electron chi connectivity index (χ0n) is 9.00. The molecule has 0 unspecified atom stereocenters. The molecule has 4 nitrogen and oxygen atoms in total. The number of nitrogens with two attached hydrogens (primary N) is 1. The Balaban J connectivity index is 2.15. The molecule has 0 spiro atoms. The fourth-order valence-corrected chi connectivity index (χ4v) is 1.90. The van der Waals surface area contributed by atoms with E-state index in [1.807, 2.05) is 0 Å². The SMILES string of the molecule is NCC1(C(=O)Nc2cc(Br)ccc2F)COC1. The summed E-state index contributed by atoms with van der Waals surface area (Å²) in [4.78, 5) is 12.0. The van der Waals surface area contributed by atoms with Crippen molar-refractivity contribution in [3.63, 3.8) is 0 Å². The highest BCUT2D eigenvalue weighted by atomic mass is 79.9. The smallest absolute Gasteiger partial charge is 0.236 e. The van der Waals surface area contributed by atoms with Crippen molar-refractivity contribution < 1.29 is 13.9 Å². The van der Waals surface area contributed by atoms with Crippen LogP contribution in [0.2, 0.25) is 0 Å². The monoisotopic (exact) mass is 302 g/mol. The molecule has 1 amide bonds. The number of amides is 1. The van der Waals surface area contributed by atoms with Gasteiger partial charge in [0.2, 0.25) is 5.91 Å². The second-order valence-electron chi connectivity index (χ2n) is 4.06. The minimum atomic E-state index is -0.714. The van der Waals surface area contributed by atoms with Crippen molar-refractivity contribution in [2.75, 3.05) is 25.1 Å². The molecule has 0 radical (unpaired) electrons. The lowest BCUT2D eigenvalue weighted by atomic mass is 9.85. The van der Waals surface area contributed by atoms with Crippen molar-refractivity contribution in [3.8, 4) is 0 Å². The van der Waals surface area contributed by atoms with Crippen molar-refractivity contribution >= 4 is 27.5 Å². The molecule has 0 aromatic heterocycles. The highest BCUT2D eigenvalue weighted by Gasteiger charge is 2.44. The number of anilines is 1. The third-order valence-electron chi connectivity index (χ3n) is 2.81. The van der Waals surface area contributed by atoms with E-state index in [2.05, 4.69) is 21.2 Å². The second-order valence-corrected chi connectivity index (χ2v) is 4.97. The lowest BCUT2D eigenvalue weighted by Gasteiger charge is -2.38. The summed E-state index contributed by atoms with van der Waals surface area (Å²) in [5.74, 6) is -0.780. The predicted octanol–water partition coefficient (Wildman–Crippen LogP) is 1.50. The molecule has 1 aromatic rings. The van der Waals surface area contributed by atoms with Crippen molar-refractivity contribution in [1.82, 2.24) is 0 Å². The van der Waals surface area contributed by atoms with Crippen molar-refractivity contribution in [2.24, 2.45) is 11.1 Å². The first-order valence-corrected chi connectivity index (χ1v) is 5.91. The standard InChI is InChI=1S/C11H12BrFN2O2/c12-7-1-2-8(13)9(3-7)15-10(16)11(4-14)5-17-6-11/h1-3H,4-6,14H2,(H,15,16). The van der Waals surface area contributed by atoms with E-state index in [9.17, 15) is 9.18 Å². The van der Waals surface area contributed by atoms with E-state index in [0.717, 1.165) is 0 Å². The first-order valence-electron chi connectivity index (χ1n) is 5.12. The molecule has 0 saturated carbocycles. The van der Waals surface area contributed by atoms with Gasteiger partial charge in [0.05, 0.1) is 18.9 Å². The Hall–Kier alpha value is -0.980. The minimum absolute atomic E-state index is 0.143. The quantitative estimate of drug-likeness (QED) is 0.889. The van der Waals surface area contributed by atoms with Crippen LogP contribution >= 0.6 is 15.9 Å². The number of ether oxygens (including phenoxy) is 1. The maximum absolute atomic E-state index is 13.4. The van der Waals surface area contributed by atoms with E-state index >= 15 is 0 Å². The van der Waals surface area contributed by atoms with Gasteiger partial charge in [-0.2, -0.15) is 0 Å². The average Bonchev–Trinajstić information content (AvgIpc) is 2.23. The Morgan fingerprint density at radius 1 is 1.59 bits per heavy atom. The van der Waals surface area contributed by atoms with Gasteiger partial charge in [-0.3, -0.25) is 4.79 Å². The van der Waals surface area contributed by atoms with Gasteiger partial charge in [0.15, 0.2) is 0 Å². The van der Waals surface area contributed by atoms with Crippen LogP contribution in [0.3, 0.4) is 0 Å². The fourth-order valence-electron chi connectivity index (χ4n) is 1.54. The molecular weight excluding hydrogens is 291 g/mol. The maximum atomic E-state index is 13.4. The Morgan fingerprint density at radius 3 is 2.82 bits per heavy atom. The largest absolute Gasteiger partial charge is 0.379 e. The van der Waals surface area contributed by atoms with E-state index < -0.39 is 11.2 Å². The van der Waals surface area contributed by atoms with Gasteiger partial charge in [0.25, 0.3) is 0 Å². The van der Waals surface area contributed by atoms with Gasteiger partial charge in [-0.05, 0) is 18.2 Å². The second kappa shape index (κ2) is 4.72. The lowest BCUT2D eigenvalue weighted by Crippen LogP contribution is -2.56. The summed E-state index contributed by atoms with van der Waals surface area (Å²) in [6.07, 6.45) is 0. The van der Waals surface area contributed by atoms with E-state index in [-0.39, 0.29) is 31.4 Å². The van der Waals surface area contributed by atoms with Gasteiger partial charge >= 0.3 is 0 Å². The molecule has 6 heteroatoms. The first kappa shape index (κ1) is 12.5. The lowest BCUT2D eigenvalue weighted by molar-refractivity contribution is -0.153. The number of hydrogen-bond acceptors (Lipinski definition) is 3. The van der Waals surface area contributed by atoms with Crippen LogP contribution in [0.1, 0.15) is 0 Å². The van der Waals surface area contributed by atoms with Crippen LogP contribution in [0, 0.1) is 11.2 Å². The van der Waals surface area contributed by atoms with Crippen LogP contribution in [-0.4, -0.2) is 25.7 Å². The zero-order chi connectivity index (χ0) is 12.5. The van der Waals surface area contributed by atoms with Crippen LogP contribution in [0.25, 0.3) is 0 Å². The molecule has 1 aromatic carbocycles. The summed E-state index contributed by atoms with van der Waals surface area (Å²) in [6, 6.07) is 4.36. The fraction of sp³-hybridized carbons (Fsp3) is 0.364. The number of carbonyl (C=O) groups excluding carboxylic acids is 1. The molecule has 1 aliphatic heterocycles. The predicted molar refractivity (Wildman–Crippen MR) is 65.0 cm³/mol. The average molecular weight is 303 g/mol. The molecular formula is C11H12BrFN2O2. The van der Waals surface area contributed by atoms with E-state index in [1.165, 1.54) is 12.1 Å². The first-order chi connectivity index (χ1) is 8.07. The van der Waals surface area contributed by atoms with Gasteiger partial charge < -0.3 is 15.8 Å². The molecule has 1 saturated heterocycles. The maximum Gasteiger partial charge on any atom is 0.236 e. The molecule has 1 heterocycles. The third kappa shape index (κ3) is 2.34. The molecule has 1 aliphatic rings. The summed E-state index contributed by atoms with van der Waals surface area (Å²) >= 11 is 3.22. The Labute approximate surface area is 106 Å². The van der Waals surface area contributed by atoms with Crippen molar-refractivity contribution in [2.45, 2.75) is 0 Å². The molecule has 0 aliphatic carbocycles. The van der Waals surface area contributed by atoms with Crippen LogP contribution < -0.4 is 11.1 Å². The van der Waals surface area contributed by atoms with E-state index in [1.54, 1.807) is 6.07 Å². The molecule has 2 rings (SSSR count). The van der Waals surface area contributed by atoms with Gasteiger partial charge in [-0.25, -0.2) is 4.39 Å². The van der Waals surface area contributed by atoms with E-state index in [0.29, 0.717) is 4.47 Å². The van der Waals surface area contributed by atoms with Gasteiger partial charge in [-0.1, -0.05) is 15.9 Å². The molecule has 0 atom stereocenters. The summed E-state index contributed by atoms with van der Waals surface area (Å²) in [6.45, 7) is 0.754. The minimum Gasteiger partial charge on any atom is -0.379 e. The number of halogens is 2. The van der Waals surface area contributed by atoms with Gasteiger partial charge in [0, 0.05) is 11.0 Å². The third-order valence-corrected chi connectivity index (χ3v) is 3.30. The summed E-state index contributed by atoms with van der Waals surface area (Å²) < 4.78 is 19.1. The topological polar surface area (TPSA) is 64.4 Å². The highest BCUT2D eigenvalue weighted by Crippen LogP contribution is 2.29. The summed E-state index contributed by atoms with van der Waals surface area (Å²) in [7, 11) is 0. The van der Waals surface area contributed by atoms with Crippen LogP contribution in [0.15, 0.2) is 22.7 Å². The zero-order valence-corrected chi connectivity index (χ0v) is 10.6. The summed E-state index contributed by atoms with van der Waals surface area (Å²) in [5.41, 5.74) is 4.98. The molecule has 1 fully saturated rings. The number of carbonyl (C=O) groups is 1. The number of hydrogen-bond donors (Lipinski definition) is 2. The van der Waals surface area contributed by atoms with Crippen LogP contribution in [0.5, 0.6) is 0 Å². The van der Waals surface area contributed by atoms with Crippen LogP contribution in [-0.2, 0) is 9.53 Å². The highest BCUT2D eigenvalue weighted by molar-refractivity contribution is 9.10. The molecule has 3 N–H and O–H groups in total. The van der Waals surface area contributed by atoms with E-state index in [4.69, 9.17) is 10.5 Å². The van der Waals surface area contributed by atoms with Crippen molar-refractivity contribution in [1.29, 1.82) is 0 Å². The number of benzene rings is 1. The molecule has 17 heavy (non-hydrogen) atoms. The molecule has 0 bridgehead atoms. The van der Waals surface area contributed by atoms with Gasteiger partial charge in [0.1, 0.15) is 11.2 Å². The number of rotatable bonds is 3. The van der Waals surface area contributed by atoms with Crippen molar-refractivity contribution in [3.05, 3.63) is 28.5 Å². The Bertz CT molecular complexity index is 444. The van der Waals surface area contributed by atoms with Gasteiger partial charge in [-0.15, -0.1) is 0 Å².